The Balaban J connectivity index is 2.32. The largest absolute Gasteiger partial charge is 0.496 e. The highest BCUT2D eigenvalue weighted by Gasteiger charge is 2.18. The van der Waals surface area contributed by atoms with E-state index in [1.54, 1.807) is 7.11 Å². The molecule has 1 atom stereocenters. The minimum absolute atomic E-state index is 0.214. The Labute approximate surface area is 134 Å². The van der Waals surface area contributed by atoms with Gasteiger partial charge in [0.2, 0.25) is 0 Å². The van der Waals surface area contributed by atoms with E-state index >= 15 is 0 Å². The van der Waals surface area contributed by atoms with Gasteiger partial charge in [0.05, 0.1) is 23.0 Å². The summed E-state index contributed by atoms with van der Waals surface area (Å²) >= 11 is 3.64. The number of nitrogens with zero attached hydrogens (tertiary/aromatic N) is 2. The zero-order chi connectivity index (χ0) is 15.6. The first-order valence-electron chi connectivity index (χ1n) is 6.97. The normalized spacial score (nSPS) is 12.5. The van der Waals surface area contributed by atoms with Crippen LogP contribution in [0.4, 0.5) is 0 Å². The number of benzene rings is 1. The fourth-order valence-electron chi connectivity index (χ4n) is 2.54. The van der Waals surface area contributed by atoms with E-state index in [4.69, 9.17) is 4.74 Å². The molecule has 0 bridgehead atoms. The molecule has 1 N–H and O–H groups in total. The van der Waals surface area contributed by atoms with Crippen molar-refractivity contribution < 1.29 is 4.74 Å². The molecule has 21 heavy (non-hydrogen) atoms. The molecule has 5 heteroatoms. The summed E-state index contributed by atoms with van der Waals surface area (Å²) in [5, 5.41) is 7.84. The first kappa shape index (κ1) is 16.0. The third-order valence-corrected chi connectivity index (χ3v) is 4.87. The highest BCUT2D eigenvalue weighted by Crippen LogP contribution is 2.28. The molecule has 0 saturated heterocycles. The van der Waals surface area contributed by atoms with Crippen molar-refractivity contribution in [2.75, 3.05) is 14.2 Å². The van der Waals surface area contributed by atoms with Crippen LogP contribution in [0.3, 0.4) is 0 Å². The summed E-state index contributed by atoms with van der Waals surface area (Å²) in [6.45, 7) is 4.06. The molecule has 4 nitrogen and oxygen atoms in total. The van der Waals surface area contributed by atoms with Crippen LogP contribution in [0, 0.1) is 13.8 Å². The molecule has 0 aliphatic rings. The fourth-order valence-corrected chi connectivity index (χ4v) is 3.03. The molecule has 0 aliphatic heterocycles. The van der Waals surface area contributed by atoms with Gasteiger partial charge in [-0.15, -0.1) is 0 Å². The van der Waals surface area contributed by atoms with Crippen molar-refractivity contribution in [3.05, 3.63) is 45.2 Å². The van der Waals surface area contributed by atoms with Crippen molar-refractivity contribution in [1.29, 1.82) is 0 Å². The molecule has 2 rings (SSSR count). The van der Waals surface area contributed by atoms with Crippen LogP contribution in [0.2, 0.25) is 0 Å². The number of hydrogen-bond donors (Lipinski definition) is 1. The van der Waals surface area contributed by atoms with E-state index in [0.717, 1.165) is 27.9 Å². The number of aromatic nitrogens is 2. The SMILES string of the molecule is CNC(Cc1c(Br)c(C)nn1C)c1ccc(C)c(OC)c1. The lowest BCUT2D eigenvalue weighted by atomic mass is 10.00. The summed E-state index contributed by atoms with van der Waals surface area (Å²) in [6, 6.07) is 6.57. The maximum Gasteiger partial charge on any atom is 0.122 e. The molecule has 114 valence electrons. The van der Waals surface area contributed by atoms with Crippen LogP contribution < -0.4 is 10.1 Å². The predicted molar refractivity (Wildman–Crippen MR) is 88.9 cm³/mol. The second-order valence-electron chi connectivity index (χ2n) is 5.24. The topological polar surface area (TPSA) is 39.1 Å². The first-order chi connectivity index (χ1) is 9.97. The van der Waals surface area contributed by atoms with Crippen LogP contribution in [-0.2, 0) is 13.5 Å². The molecule has 1 unspecified atom stereocenters. The van der Waals surface area contributed by atoms with Crippen molar-refractivity contribution in [3.63, 3.8) is 0 Å². The second kappa shape index (κ2) is 6.62. The van der Waals surface area contributed by atoms with E-state index in [0.29, 0.717) is 0 Å². The van der Waals surface area contributed by atoms with E-state index in [1.165, 1.54) is 11.3 Å². The van der Waals surface area contributed by atoms with Gasteiger partial charge in [-0.3, -0.25) is 4.68 Å². The number of hydrogen-bond acceptors (Lipinski definition) is 3. The fraction of sp³-hybridized carbons (Fsp3) is 0.438. The summed E-state index contributed by atoms with van der Waals surface area (Å²) in [6.07, 6.45) is 0.862. The molecule has 0 aliphatic carbocycles. The zero-order valence-electron chi connectivity index (χ0n) is 13.2. The van der Waals surface area contributed by atoms with Gasteiger partial charge in [0.15, 0.2) is 0 Å². The van der Waals surface area contributed by atoms with Gasteiger partial charge < -0.3 is 10.1 Å². The number of halogens is 1. The Kier molecular flexibility index (Phi) is 5.06. The highest BCUT2D eigenvalue weighted by atomic mass is 79.9. The molecule has 0 fully saturated rings. The van der Waals surface area contributed by atoms with Crippen molar-refractivity contribution >= 4 is 15.9 Å². The van der Waals surface area contributed by atoms with Gasteiger partial charge in [-0.25, -0.2) is 0 Å². The number of ether oxygens (including phenoxy) is 1. The Hall–Kier alpha value is -1.33. The number of nitrogens with one attached hydrogen (secondary N) is 1. The van der Waals surface area contributed by atoms with E-state index in [1.807, 2.05) is 25.7 Å². The Morgan fingerprint density at radius 1 is 1.38 bits per heavy atom. The molecule has 1 aromatic carbocycles. The van der Waals surface area contributed by atoms with Crippen LogP contribution in [-0.4, -0.2) is 23.9 Å². The Morgan fingerprint density at radius 2 is 2.10 bits per heavy atom. The molecule has 0 amide bonds. The maximum absolute atomic E-state index is 5.43. The molecule has 0 radical (unpaired) electrons. The number of likely N-dealkylation sites (N-methyl/N-ethyl adjacent to an activating group) is 1. The minimum Gasteiger partial charge on any atom is -0.496 e. The Morgan fingerprint density at radius 3 is 2.62 bits per heavy atom. The Bertz CT molecular complexity index is 637. The van der Waals surface area contributed by atoms with Crippen LogP contribution >= 0.6 is 15.9 Å². The molecule has 0 saturated carbocycles. The number of aryl methyl sites for hydroxylation is 3. The predicted octanol–water partition coefficient (Wildman–Crippen LogP) is 3.31. The van der Waals surface area contributed by atoms with Crippen LogP contribution in [0.1, 0.15) is 28.6 Å². The highest BCUT2D eigenvalue weighted by molar-refractivity contribution is 9.10. The molecule has 2 aromatic rings. The first-order valence-corrected chi connectivity index (χ1v) is 7.77. The maximum atomic E-state index is 5.43. The summed E-state index contributed by atoms with van der Waals surface area (Å²) in [7, 11) is 5.67. The average Bonchev–Trinajstić information content (AvgIpc) is 2.71. The number of methoxy groups -OCH3 is 1. The van der Waals surface area contributed by atoms with E-state index in [-0.39, 0.29) is 6.04 Å². The lowest BCUT2D eigenvalue weighted by molar-refractivity contribution is 0.410. The van der Waals surface area contributed by atoms with Gasteiger partial charge in [0.25, 0.3) is 0 Å². The lowest BCUT2D eigenvalue weighted by Crippen LogP contribution is -2.20. The van der Waals surface area contributed by atoms with E-state index < -0.39 is 0 Å². The summed E-state index contributed by atoms with van der Waals surface area (Å²) in [5.41, 5.74) is 4.56. The molecule has 0 spiro atoms. The smallest absolute Gasteiger partial charge is 0.122 e. The van der Waals surface area contributed by atoms with Gasteiger partial charge in [0, 0.05) is 19.5 Å². The lowest BCUT2D eigenvalue weighted by Gasteiger charge is -2.18. The van der Waals surface area contributed by atoms with Crippen LogP contribution in [0.15, 0.2) is 22.7 Å². The summed E-state index contributed by atoms with van der Waals surface area (Å²) in [5.74, 6) is 0.924. The minimum atomic E-state index is 0.214. The summed E-state index contributed by atoms with van der Waals surface area (Å²) < 4.78 is 8.45. The van der Waals surface area contributed by atoms with Gasteiger partial charge in [-0.2, -0.15) is 5.10 Å². The quantitative estimate of drug-likeness (QED) is 0.897. The van der Waals surface area contributed by atoms with Crippen molar-refractivity contribution in [3.8, 4) is 5.75 Å². The van der Waals surface area contributed by atoms with Crippen molar-refractivity contribution in [2.45, 2.75) is 26.3 Å². The average molecular weight is 352 g/mol. The van der Waals surface area contributed by atoms with Crippen LogP contribution in [0.5, 0.6) is 5.75 Å². The molecular formula is C16H22BrN3O. The van der Waals surface area contributed by atoms with E-state index in [2.05, 4.69) is 51.5 Å². The van der Waals surface area contributed by atoms with Crippen LogP contribution in [0.25, 0.3) is 0 Å². The second-order valence-corrected chi connectivity index (χ2v) is 6.04. The van der Waals surface area contributed by atoms with Crippen molar-refractivity contribution in [2.24, 2.45) is 7.05 Å². The summed E-state index contributed by atoms with van der Waals surface area (Å²) in [4.78, 5) is 0. The van der Waals surface area contributed by atoms with E-state index in [9.17, 15) is 0 Å². The third kappa shape index (κ3) is 3.30. The number of rotatable bonds is 5. The van der Waals surface area contributed by atoms with Gasteiger partial charge >= 0.3 is 0 Å². The van der Waals surface area contributed by atoms with Gasteiger partial charge in [-0.1, -0.05) is 12.1 Å². The zero-order valence-corrected chi connectivity index (χ0v) is 14.8. The monoisotopic (exact) mass is 351 g/mol. The van der Waals surface area contributed by atoms with Crippen molar-refractivity contribution in [1.82, 2.24) is 15.1 Å². The van der Waals surface area contributed by atoms with Gasteiger partial charge in [-0.05, 0) is 54.0 Å². The molecule has 1 heterocycles. The standard InChI is InChI=1S/C16H22BrN3O/c1-10-6-7-12(8-15(10)21-5)13(18-3)9-14-16(17)11(2)19-20(14)4/h6-8,13,18H,9H2,1-5H3. The van der Waals surface area contributed by atoms with Gasteiger partial charge in [0.1, 0.15) is 5.75 Å². The third-order valence-electron chi connectivity index (χ3n) is 3.84. The molecule has 1 aromatic heterocycles. The molecular weight excluding hydrogens is 330 g/mol.